The summed E-state index contributed by atoms with van der Waals surface area (Å²) in [6, 6.07) is 4.77. The summed E-state index contributed by atoms with van der Waals surface area (Å²) in [6.07, 6.45) is 1.97. The van der Waals surface area contributed by atoms with Crippen molar-refractivity contribution in [3.63, 3.8) is 0 Å². The first-order chi connectivity index (χ1) is 9.84. The molecule has 1 aromatic carbocycles. The van der Waals surface area contributed by atoms with Gasteiger partial charge in [0.05, 0.1) is 11.4 Å². The van der Waals surface area contributed by atoms with E-state index in [4.69, 9.17) is 5.73 Å². The van der Waals surface area contributed by atoms with Crippen LogP contribution in [0.15, 0.2) is 23.1 Å². The molecular weight excluding hydrogens is 290 g/mol. The number of carbonyl (C=O) groups is 1. The fourth-order valence-corrected chi connectivity index (χ4v) is 3.79. The van der Waals surface area contributed by atoms with E-state index < -0.39 is 10.0 Å². The van der Waals surface area contributed by atoms with Crippen molar-refractivity contribution in [1.29, 1.82) is 0 Å². The summed E-state index contributed by atoms with van der Waals surface area (Å²) in [7, 11) is -2.29. The molecule has 1 aliphatic rings. The van der Waals surface area contributed by atoms with Crippen LogP contribution >= 0.6 is 0 Å². The number of hydrogen-bond acceptors (Lipinski definition) is 4. The van der Waals surface area contributed by atoms with Gasteiger partial charge in [-0.3, -0.25) is 4.79 Å². The number of nitrogens with two attached hydrogens (primary N) is 1. The first kappa shape index (κ1) is 15.8. The highest BCUT2D eigenvalue weighted by molar-refractivity contribution is 7.89. The lowest BCUT2D eigenvalue weighted by Crippen LogP contribution is -2.40. The standard InChI is InChI=1S/C14H21N3O3S/c1-11-12(15)6-5-7-13(11)21(19,20)16(2)10-14(18)17-8-3-4-9-17/h5-7H,3-4,8-10,15H2,1-2H3. The van der Waals surface area contributed by atoms with Crippen LogP contribution in [0, 0.1) is 6.92 Å². The van der Waals surface area contributed by atoms with Gasteiger partial charge in [-0.2, -0.15) is 4.31 Å². The summed E-state index contributed by atoms with van der Waals surface area (Å²) in [5.74, 6) is -0.153. The molecule has 2 N–H and O–H groups in total. The van der Waals surface area contributed by atoms with Gasteiger partial charge in [0.15, 0.2) is 0 Å². The predicted molar refractivity (Wildman–Crippen MR) is 81.2 cm³/mol. The van der Waals surface area contributed by atoms with Gasteiger partial charge >= 0.3 is 0 Å². The minimum atomic E-state index is -3.71. The summed E-state index contributed by atoms with van der Waals surface area (Å²) in [5, 5.41) is 0. The van der Waals surface area contributed by atoms with E-state index in [0.717, 1.165) is 17.1 Å². The van der Waals surface area contributed by atoms with Crippen molar-refractivity contribution >= 4 is 21.6 Å². The van der Waals surface area contributed by atoms with Crippen LogP contribution in [0.3, 0.4) is 0 Å². The second-order valence-electron chi connectivity index (χ2n) is 5.32. The molecule has 0 spiro atoms. The lowest BCUT2D eigenvalue weighted by atomic mass is 10.2. The maximum absolute atomic E-state index is 12.6. The van der Waals surface area contributed by atoms with Gasteiger partial charge < -0.3 is 10.6 Å². The second-order valence-corrected chi connectivity index (χ2v) is 7.33. The molecule has 1 aromatic rings. The summed E-state index contributed by atoms with van der Waals surface area (Å²) in [5.41, 5.74) is 6.70. The average Bonchev–Trinajstić information content (AvgIpc) is 2.95. The van der Waals surface area contributed by atoms with E-state index in [1.54, 1.807) is 24.0 Å². The third kappa shape index (κ3) is 3.19. The molecule has 116 valence electrons. The lowest BCUT2D eigenvalue weighted by Gasteiger charge is -2.22. The summed E-state index contributed by atoms with van der Waals surface area (Å²) >= 11 is 0. The first-order valence-corrected chi connectivity index (χ1v) is 8.37. The minimum absolute atomic E-state index is 0.142. The summed E-state index contributed by atoms with van der Waals surface area (Å²) < 4.78 is 26.2. The Morgan fingerprint density at radius 1 is 1.33 bits per heavy atom. The molecule has 2 rings (SSSR count). The summed E-state index contributed by atoms with van der Waals surface area (Å²) in [6.45, 7) is 2.95. The van der Waals surface area contributed by atoms with E-state index >= 15 is 0 Å². The fourth-order valence-electron chi connectivity index (χ4n) is 2.42. The van der Waals surface area contributed by atoms with Crippen LogP contribution in [-0.2, 0) is 14.8 Å². The number of benzene rings is 1. The highest BCUT2D eigenvalue weighted by atomic mass is 32.2. The van der Waals surface area contributed by atoms with E-state index in [1.807, 2.05) is 0 Å². The number of nitrogen functional groups attached to an aromatic ring is 1. The van der Waals surface area contributed by atoms with E-state index in [2.05, 4.69) is 0 Å². The van der Waals surface area contributed by atoms with Crippen LogP contribution in [0.4, 0.5) is 5.69 Å². The van der Waals surface area contributed by atoms with E-state index in [-0.39, 0.29) is 17.3 Å². The molecule has 7 heteroatoms. The number of carbonyl (C=O) groups excluding carboxylic acids is 1. The van der Waals surface area contributed by atoms with E-state index in [1.165, 1.54) is 13.1 Å². The van der Waals surface area contributed by atoms with Crippen LogP contribution < -0.4 is 5.73 Å². The number of nitrogens with zero attached hydrogens (tertiary/aromatic N) is 2. The Hall–Kier alpha value is -1.60. The maximum Gasteiger partial charge on any atom is 0.243 e. The van der Waals surface area contributed by atoms with Gasteiger partial charge in [-0.1, -0.05) is 6.07 Å². The Morgan fingerprint density at radius 2 is 1.95 bits per heavy atom. The molecular formula is C14H21N3O3S. The van der Waals surface area contributed by atoms with Crippen LogP contribution in [0.5, 0.6) is 0 Å². The maximum atomic E-state index is 12.6. The van der Waals surface area contributed by atoms with Gasteiger partial charge in [0.1, 0.15) is 0 Å². The van der Waals surface area contributed by atoms with Crippen molar-refractivity contribution in [2.24, 2.45) is 0 Å². The Bertz CT molecular complexity index is 637. The number of hydrogen-bond donors (Lipinski definition) is 1. The molecule has 0 aromatic heterocycles. The zero-order chi connectivity index (χ0) is 15.6. The van der Waals surface area contributed by atoms with Gasteiger partial charge in [0.2, 0.25) is 15.9 Å². The van der Waals surface area contributed by atoms with Crippen LogP contribution in [0.1, 0.15) is 18.4 Å². The largest absolute Gasteiger partial charge is 0.398 e. The monoisotopic (exact) mass is 311 g/mol. The molecule has 1 fully saturated rings. The Morgan fingerprint density at radius 3 is 2.57 bits per heavy atom. The molecule has 21 heavy (non-hydrogen) atoms. The smallest absolute Gasteiger partial charge is 0.243 e. The fraction of sp³-hybridized carbons (Fsp3) is 0.500. The molecule has 6 nitrogen and oxygen atoms in total. The van der Waals surface area contributed by atoms with Crippen LogP contribution in [0.2, 0.25) is 0 Å². The lowest BCUT2D eigenvalue weighted by molar-refractivity contribution is -0.130. The highest BCUT2D eigenvalue weighted by Crippen LogP contribution is 2.23. The van der Waals surface area contributed by atoms with Gasteiger partial charge in [0, 0.05) is 25.8 Å². The molecule has 0 radical (unpaired) electrons. The van der Waals surface area contributed by atoms with Crippen molar-refractivity contribution in [2.45, 2.75) is 24.7 Å². The Labute approximate surface area is 125 Å². The zero-order valence-electron chi connectivity index (χ0n) is 12.4. The number of rotatable bonds is 4. The van der Waals surface area contributed by atoms with E-state index in [0.29, 0.717) is 24.3 Å². The minimum Gasteiger partial charge on any atom is -0.398 e. The third-order valence-electron chi connectivity index (χ3n) is 3.83. The van der Waals surface area contributed by atoms with Gasteiger partial charge in [-0.25, -0.2) is 8.42 Å². The number of anilines is 1. The van der Waals surface area contributed by atoms with Crippen molar-refractivity contribution in [1.82, 2.24) is 9.21 Å². The zero-order valence-corrected chi connectivity index (χ0v) is 13.2. The first-order valence-electron chi connectivity index (χ1n) is 6.93. The molecule has 1 saturated heterocycles. The number of amides is 1. The molecule has 1 heterocycles. The summed E-state index contributed by atoms with van der Waals surface area (Å²) in [4.78, 5) is 13.9. The molecule has 1 aliphatic heterocycles. The molecule has 0 saturated carbocycles. The normalized spacial score (nSPS) is 15.7. The average molecular weight is 311 g/mol. The topological polar surface area (TPSA) is 83.7 Å². The molecule has 0 atom stereocenters. The van der Waals surface area contributed by atoms with Crippen molar-refractivity contribution < 1.29 is 13.2 Å². The van der Waals surface area contributed by atoms with Crippen molar-refractivity contribution in [3.8, 4) is 0 Å². The molecule has 0 bridgehead atoms. The van der Waals surface area contributed by atoms with Gasteiger partial charge in [0.25, 0.3) is 0 Å². The molecule has 0 aliphatic carbocycles. The highest BCUT2D eigenvalue weighted by Gasteiger charge is 2.27. The van der Waals surface area contributed by atoms with Crippen LogP contribution in [-0.4, -0.2) is 50.2 Å². The van der Waals surface area contributed by atoms with Crippen LogP contribution in [0.25, 0.3) is 0 Å². The van der Waals surface area contributed by atoms with Gasteiger partial charge in [-0.15, -0.1) is 0 Å². The van der Waals surface area contributed by atoms with Crippen molar-refractivity contribution in [3.05, 3.63) is 23.8 Å². The Kier molecular flexibility index (Phi) is 4.53. The quantitative estimate of drug-likeness (QED) is 0.834. The Balaban J connectivity index is 2.18. The SMILES string of the molecule is Cc1c(N)cccc1S(=O)(=O)N(C)CC(=O)N1CCCC1. The number of sulfonamides is 1. The third-order valence-corrected chi connectivity index (χ3v) is 5.78. The molecule has 1 amide bonds. The van der Waals surface area contributed by atoms with Gasteiger partial charge in [-0.05, 0) is 37.5 Å². The second kappa shape index (κ2) is 6.03. The van der Waals surface area contributed by atoms with Crippen molar-refractivity contribution in [2.75, 3.05) is 32.4 Å². The number of likely N-dealkylation sites (N-methyl/N-ethyl adjacent to an activating group) is 1. The van der Waals surface area contributed by atoms with E-state index in [9.17, 15) is 13.2 Å². The predicted octanol–water partition coefficient (Wildman–Crippen LogP) is 0.820. The number of likely N-dealkylation sites (tertiary alicyclic amines) is 1. The molecule has 0 unspecified atom stereocenters.